The number of aromatic nitrogens is 1. The van der Waals surface area contributed by atoms with Crippen LogP contribution in [-0.2, 0) is 10.0 Å². The van der Waals surface area contributed by atoms with Gasteiger partial charge in [0.25, 0.3) is 10.0 Å². The number of ether oxygens (including phenoxy) is 1. The lowest BCUT2D eigenvalue weighted by molar-refractivity contribution is 0.340. The van der Waals surface area contributed by atoms with E-state index in [2.05, 4.69) is 21.9 Å². The number of unbranched alkanes of at least 4 members (excludes halogenated alkanes) is 2. The molecule has 0 radical (unpaired) electrons. The first-order valence-electron chi connectivity index (χ1n) is 8.50. The van der Waals surface area contributed by atoms with Crippen LogP contribution < -0.4 is 14.8 Å². The molecule has 25 heavy (non-hydrogen) atoms. The second-order valence-corrected chi connectivity index (χ2v) is 7.26. The van der Waals surface area contributed by atoms with Crippen LogP contribution in [0.15, 0.2) is 47.5 Å². The van der Waals surface area contributed by atoms with Gasteiger partial charge >= 0.3 is 0 Å². The molecule has 2 aromatic rings. The molecule has 2 N–H and O–H groups in total. The van der Waals surface area contributed by atoms with Gasteiger partial charge in [-0.3, -0.25) is 4.72 Å². The summed E-state index contributed by atoms with van der Waals surface area (Å²) in [4.78, 5) is 4.41. The van der Waals surface area contributed by atoms with Crippen LogP contribution in [-0.4, -0.2) is 26.6 Å². The lowest BCUT2D eigenvalue weighted by atomic mass is 10.2. The minimum absolute atomic E-state index is 0.178. The normalized spacial score (nSPS) is 11.1. The van der Waals surface area contributed by atoms with E-state index in [-0.39, 0.29) is 4.90 Å². The minimum atomic E-state index is -3.65. The van der Waals surface area contributed by atoms with E-state index >= 15 is 0 Å². The van der Waals surface area contributed by atoms with Crippen molar-refractivity contribution in [3.8, 4) is 5.75 Å². The molecule has 0 amide bonds. The van der Waals surface area contributed by atoms with Crippen LogP contribution in [0, 0.1) is 0 Å². The van der Waals surface area contributed by atoms with Gasteiger partial charge in [0.1, 0.15) is 11.6 Å². The van der Waals surface area contributed by atoms with Crippen LogP contribution in [0.2, 0.25) is 0 Å². The minimum Gasteiger partial charge on any atom is -0.494 e. The third-order valence-electron chi connectivity index (χ3n) is 3.55. The van der Waals surface area contributed by atoms with Crippen molar-refractivity contribution in [1.29, 1.82) is 0 Å². The van der Waals surface area contributed by atoms with Gasteiger partial charge in [-0.05, 0) is 49.7 Å². The molecule has 136 valence electrons. The van der Waals surface area contributed by atoms with Crippen LogP contribution in [0.3, 0.4) is 0 Å². The first-order chi connectivity index (χ1) is 12.0. The van der Waals surface area contributed by atoms with Gasteiger partial charge in [-0.2, -0.15) is 0 Å². The molecule has 0 fully saturated rings. The van der Waals surface area contributed by atoms with E-state index in [0.29, 0.717) is 18.0 Å². The average Bonchev–Trinajstić information content (AvgIpc) is 2.61. The molecule has 0 aliphatic heterocycles. The molecular formula is C18H25N3O3S. The second-order valence-electron chi connectivity index (χ2n) is 5.58. The van der Waals surface area contributed by atoms with Crippen molar-refractivity contribution in [2.75, 3.05) is 23.2 Å². The third kappa shape index (κ3) is 5.94. The van der Waals surface area contributed by atoms with E-state index in [0.717, 1.165) is 18.8 Å². The number of nitrogens with zero attached hydrogens (tertiary/aromatic N) is 1. The zero-order valence-corrected chi connectivity index (χ0v) is 15.5. The molecule has 0 saturated heterocycles. The predicted octanol–water partition coefficient (Wildman–Crippen LogP) is 3.88. The highest BCUT2D eigenvalue weighted by Gasteiger charge is 2.14. The van der Waals surface area contributed by atoms with E-state index < -0.39 is 10.0 Å². The quantitative estimate of drug-likeness (QED) is 0.626. The van der Waals surface area contributed by atoms with Crippen LogP contribution in [0.1, 0.15) is 33.1 Å². The topological polar surface area (TPSA) is 80.3 Å². The van der Waals surface area contributed by atoms with Crippen molar-refractivity contribution in [1.82, 2.24) is 4.98 Å². The molecule has 0 bridgehead atoms. The molecule has 7 heteroatoms. The maximum atomic E-state index is 12.4. The number of hydrogen-bond donors (Lipinski definition) is 2. The number of hydrogen-bond acceptors (Lipinski definition) is 5. The summed E-state index contributed by atoms with van der Waals surface area (Å²) in [6.07, 6.45) is 4.94. The van der Waals surface area contributed by atoms with Crippen molar-refractivity contribution in [3.63, 3.8) is 0 Å². The molecule has 1 heterocycles. The fraction of sp³-hybridized carbons (Fsp3) is 0.389. The van der Waals surface area contributed by atoms with Gasteiger partial charge in [-0.1, -0.05) is 19.8 Å². The smallest absolute Gasteiger partial charge is 0.261 e. The number of sulfonamides is 1. The Morgan fingerprint density at radius 1 is 1.04 bits per heavy atom. The molecule has 0 aliphatic carbocycles. The molecule has 0 saturated carbocycles. The molecule has 0 unspecified atom stereocenters. The molecule has 0 aliphatic rings. The largest absolute Gasteiger partial charge is 0.494 e. The van der Waals surface area contributed by atoms with Crippen molar-refractivity contribution in [2.45, 2.75) is 38.0 Å². The molecule has 6 nitrogen and oxygen atoms in total. The average molecular weight is 363 g/mol. The van der Waals surface area contributed by atoms with Crippen molar-refractivity contribution in [2.24, 2.45) is 0 Å². The van der Waals surface area contributed by atoms with E-state index in [1.807, 2.05) is 6.92 Å². The van der Waals surface area contributed by atoms with Gasteiger partial charge in [-0.15, -0.1) is 0 Å². The summed E-state index contributed by atoms with van der Waals surface area (Å²) in [5.41, 5.74) is 0.424. The molecule has 0 atom stereocenters. The maximum Gasteiger partial charge on any atom is 0.261 e. The Morgan fingerprint density at radius 2 is 1.80 bits per heavy atom. The summed E-state index contributed by atoms with van der Waals surface area (Å²) in [5, 5.41) is 3.22. The van der Waals surface area contributed by atoms with Crippen LogP contribution >= 0.6 is 0 Å². The van der Waals surface area contributed by atoms with Crippen LogP contribution in [0.4, 0.5) is 11.5 Å². The third-order valence-corrected chi connectivity index (χ3v) is 4.94. The highest BCUT2D eigenvalue weighted by Crippen LogP contribution is 2.19. The van der Waals surface area contributed by atoms with Gasteiger partial charge in [0.05, 0.1) is 23.4 Å². The predicted molar refractivity (Wildman–Crippen MR) is 101 cm³/mol. The number of nitrogens with one attached hydrogen (secondary N) is 2. The van der Waals surface area contributed by atoms with Gasteiger partial charge in [0, 0.05) is 6.54 Å². The van der Waals surface area contributed by atoms with Crippen molar-refractivity contribution < 1.29 is 13.2 Å². The van der Waals surface area contributed by atoms with E-state index in [1.165, 1.54) is 31.2 Å². The summed E-state index contributed by atoms with van der Waals surface area (Å²) < 4.78 is 32.7. The number of rotatable bonds is 10. The Morgan fingerprint density at radius 3 is 2.40 bits per heavy atom. The Hall–Kier alpha value is -2.28. The van der Waals surface area contributed by atoms with Crippen LogP contribution in [0.25, 0.3) is 0 Å². The SMILES string of the molecule is CCCCCNc1ccc(NS(=O)(=O)c2ccc(OCC)cc2)cn1. The molecule has 1 aromatic carbocycles. The van der Waals surface area contributed by atoms with E-state index in [4.69, 9.17) is 4.74 Å². The van der Waals surface area contributed by atoms with Crippen molar-refractivity contribution >= 4 is 21.5 Å². The van der Waals surface area contributed by atoms with Gasteiger partial charge < -0.3 is 10.1 Å². The number of anilines is 2. The number of benzene rings is 1. The zero-order valence-electron chi connectivity index (χ0n) is 14.7. The van der Waals surface area contributed by atoms with Gasteiger partial charge in [0.2, 0.25) is 0 Å². The van der Waals surface area contributed by atoms with E-state index in [1.54, 1.807) is 24.3 Å². The highest BCUT2D eigenvalue weighted by atomic mass is 32.2. The summed E-state index contributed by atoms with van der Waals surface area (Å²) in [7, 11) is -3.65. The summed E-state index contributed by atoms with van der Waals surface area (Å²) in [6.45, 7) is 5.43. The Kier molecular flexibility index (Phi) is 7.06. The van der Waals surface area contributed by atoms with E-state index in [9.17, 15) is 8.42 Å². The standard InChI is InChI=1S/C18H25N3O3S/c1-3-5-6-13-19-18-12-7-15(14-20-18)21-25(22,23)17-10-8-16(9-11-17)24-4-2/h7-12,14,21H,3-6,13H2,1-2H3,(H,19,20). The Labute approximate surface area is 149 Å². The fourth-order valence-corrected chi connectivity index (χ4v) is 3.29. The zero-order chi connectivity index (χ0) is 18.1. The summed E-state index contributed by atoms with van der Waals surface area (Å²) in [5.74, 6) is 1.38. The van der Waals surface area contributed by atoms with Gasteiger partial charge in [-0.25, -0.2) is 13.4 Å². The first kappa shape index (κ1) is 19.1. The summed E-state index contributed by atoms with van der Waals surface area (Å²) >= 11 is 0. The monoisotopic (exact) mass is 363 g/mol. The molecule has 0 spiro atoms. The number of pyridine rings is 1. The molecule has 2 rings (SSSR count). The van der Waals surface area contributed by atoms with Crippen molar-refractivity contribution in [3.05, 3.63) is 42.6 Å². The lowest BCUT2D eigenvalue weighted by Crippen LogP contribution is -2.13. The highest BCUT2D eigenvalue weighted by molar-refractivity contribution is 7.92. The first-order valence-corrected chi connectivity index (χ1v) is 9.99. The second kappa shape index (κ2) is 9.27. The molecule has 1 aromatic heterocycles. The van der Waals surface area contributed by atoms with Crippen LogP contribution in [0.5, 0.6) is 5.75 Å². The lowest BCUT2D eigenvalue weighted by Gasteiger charge is -2.10. The molecular weight excluding hydrogens is 338 g/mol. The fourth-order valence-electron chi connectivity index (χ4n) is 2.25. The Balaban J connectivity index is 1.97. The summed E-state index contributed by atoms with van der Waals surface area (Å²) in [6, 6.07) is 9.78. The Bertz CT molecular complexity index is 744. The van der Waals surface area contributed by atoms with Gasteiger partial charge in [0.15, 0.2) is 0 Å². The maximum absolute atomic E-state index is 12.4.